The van der Waals surface area contributed by atoms with Crippen LogP contribution in [0.25, 0.3) is 0 Å². The van der Waals surface area contributed by atoms with Crippen LogP contribution < -0.4 is 9.47 Å². The smallest absolute Gasteiger partial charge is 0.409 e. The summed E-state index contributed by atoms with van der Waals surface area (Å²) in [7, 11) is 2.89. The van der Waals surface area contributed by atoms with Gasteiger partial charge in [0, 0.05) is 19.0 Å². The molecule has 2 unspecified atom stereocenters. The maximum absolute atomic E-state index is 12.0. The third-order valence-electron chi connectivity index (χ3n) is 5.80. The highest BCUT2D eigenvalue weighted by atomic mass is 16.5. The van der Waals surface area contributed by atoms with Gasteiger partial charge >= 0.3 is 12.1 Å². The number of rotatable bonds is 5. The van der Waals surface area contributed by atoms with Crippen LogP contribution in [0.5, 0.6) is 11.5 Å². The van der Waals surface area contributed by atoms with Crippen LogP contribution >= 0.6 is 0 Å². The summed E-state index contributed by atoms with van der Waals surface area (Å²) in [4.78, 5) is 25.4. The summed E-state index contributed by atoms with van der Waals surface area (Å²) in [5, 5.41) is 9.84. The zero-order chi connectivity index (χ0) is 19.6. The quantitative estimate of drug-likeness (QED) is 0.848. The summed E-state index contributed by atoms with van der Waals surface area (Å²) < 4.78 is 16.4. The lowest BCUT2D eigenvalue weighted by molar-refractivity contribution is -0.147. The molecule has 7 nitrogen and oxygen atoms in total. The first-order valence-corrected chi connectivity index (χ1v) is 9.30. The van der Waals surface area contributed by atoms with Gasteiger partial charge in [0.1, 0.15) is 0 Å². The molecule has 1 N–H and O–H groups in total. The van der Waals surface area contributed by atoms with E-state index < -0.39 is 17.5 Å². The van der Waals surface area contributed by atoms with E-state index in [1.807, 2.05) is 18.2 Å². The van der Waals surface area contributed by atoms with Crippen molar-refractivity contribution in [1.82, 2.24) is 4.90 Å². The van der Waals surface area contributed by atoms with Crippen LogP contribution in [0, 0.1) is 5.41 Å². The second-order valence-electron chi connectivity index (χ2n) is 7.56. The van der Waals surface area contributed by atoms with Crippen molar-refractivity contribution in [2.24, 2.45) is 5.41 Å². The van der Waals surface area contributed by atoms with Gasteiger partial charge in [-0.2, -0.15) is 0 Å². The molecule has 1 saturated carbocycles. The number of nitrogens with zero attached hydrogens (tertiary/aromatic N) is 1. The number of likely N-dealkylation sites (tertiary alicyclic amines) is 1. The van der Waals surface area contributed by atoms with E-state index in [9.17, 15) is 14.7 Å². The number of carboxylic acids is 1. The zero-order valence-corrected chi connectivity index (χ0v) is 16.1. The predicted molar refractivity (Wildman–Crippen MR) is 98.3 cm³/mol. The Morgan fingerprint density at radius 3 is 2.48 bits per heavy atom. The van der Waals surface area contributed by atoms with Gasteiger partial charge in [-0.1, -0.05) is 6.07 Å². The molecule has 2 fully saturated rings. The molecule has 1 aliphatic heterocycles. The highest BCUT2D eigenvalue weighted by molar-refractivity contribution is 5.79. The number of ether oxygens (including phenoxy) is 3. The number of carboxylic acid groups (broad SMARTS) is 1. The average molecular weight is 377 g/mol. The summed E-state index contributed by atoms with van der Waals surface area (Å²) in [5.41, 5.74) is -0.284. The van der Waals surface area contributed by atoms with Crippen LogP contribution in [0.4, 0.5) is 4.79 Å². The fourth-order valence-corrected chi connectivity index (χ4v) is 4.14. The van der Waals surface area contributed by atoms with Crippen LogP contribution in [0.15, 0.2) is 18.2 Å². The van der Waals surface area contributed by atoms with Crippen molar-refractivity contribution in [2.45, 2.75) is 44.6 Å². The summed E-state index contributed by atoms with van der Waals surface area (Å²) in [5.74, 6) is -0.0458. The standard InChI is InChI=1S/C20H27NO6/c1-20(18(22)23)12-21(19(24)26-3)11-15(20)13-8-9-16(25-2)17(10-13)27-14-6-4-5-7-14/h8-10,14-15H,4-7,11-12H2,1-3H3,(H,22,23). The first-order chi connectivity index (χ1) is 12.9. The monoisotopic (exact) mass is 377 g/mol. The Labute approximate surface area is 159 Å². The average Bonchev–Trinajstić information content (AvgIpc) is 3.29. The fourth-order valence-electron chi connectivity index (χ4n) is 4.14. The van der Waals surface area contributed by atoms with Crippen LogP contribution in [0.1, 0.15) is 44.1 Å². The molecule has 0 radical (unpaired) electrons. The minimum atomic E-state index is -1.10. The third-order valence-corrected chi connectivity index (χ3v) is 5.80. The molecule has 7 heteroatoms. The Balaban J connectivity index is 1.92. The van der Waals surface area contributed by atoms with Gasteiger partial charge in [0.2, 0.25) is 0 Å². The van der Waals surface area contributed by atoms with Crippen LogP contribution in [-0.2, 0) is 9.53 Å². The molecule has 27 heavy (non-hydrogen) atoms. The molecule has 0 bridgehead atoms. The van der Waals surface area contributed by atoms with E-state index in [-0.39, 0.29) is 25.1 Å². The van der Waals surface area contributed by atoms with Gasteiger partial charge in [0.15, 0.2) is 11.5 Å². The van der Waals surface area contributed by atoms with Gasteiger partial charge < -0.3 is 24.2 Å². The summed E-state index contributed by atoms with van der Waals surface area (Å²) in [6.45, 7) is 2.06. The lowest BCUT2D eigenvalue weighted by Gasteiger charge is -2.26. The van der Waals surface area contributed by atoms with E-state index in [4.69, 9.17) is 14.2 Å². The number of aliphatic carboxylic acids is 1. The van der Waals surface area contributed by atoms with E-state index >= 15 is 0 Å². The number of methoxy groups -OCH3 is 2. The summed E-state index contributed by atoms with van der Waals surface area (Å²) in [6, 6.07) is 5.53. The molecule has 2 aliphatic rings. The normalized spacial score (nSPS) is 25.4. The maximum Gasteiger partial charge on any atom is 0.409 e. The minimum absolute atomic E-state index is 0.102. The summed E-state index contributed by atoms with van der Waals surface area (Å²) >= 11 is 0. The molecular weight excluding hydrogens is 350 g/mol. The van der Waals surface area contributed by atoms with Crippen molar-refractivity contribution in [3.05, 3.63) is 23.8 Å². The molecular formula is C20H27NO6. The van der Waals surface area contributed by atoms with E-state index in [2.05, 4.69) is 0 Å². The van der Waals surface area contributed by atoms with Gasteiger partial charge in [-0.05, 0) is 50.3 Å². The lowest BCUT2D eigenvalue weighted by atomic mass is 9.76. The van der Waals surface area contributed by atoms with E-state index in [0.717, 1.165) is 31.2 Å². The highest BCUT2D eigenvalue weighted by Crippen LogP contribution is 2.45. The fraction of sp³-hybridized carbons (Fsp3) is 0.600. The second-order valence-corrected chi connectivity index (χ2v) is 7.56. The van der Waals surface area contributed by atoms with Crippen molar-refractivity contribution in [3.8, 4) is 11.5 Å². The number of carbonyl (C=O) groups excluding carboxylic acids is 1. The molecule has 1 aromatic carbocycles. The van der Waals surface area contributed by atoms with Crippen LogP contribution in [0.3, 0.4) is 0 Å². The van der Waals surface area contributed by atoms with Gasteiger partial charge in [0.05, 0.1) is 25.7 Å². The summed E-state index contributed by atoms with van der Waals surface area (Å²) in [6.07, 6.45) is 3.98. The van der Waals surface area contributed by atoms with Gasteiger partial charge in [-0.15, -0.1) is 0 Å². The molecule has 3 rings (SSSR count). The van der Waals surface area contributed by atoms with Crippen molar-refractivity contribution in [2.75, 3.05) is 27.3 Å². The van der Waals surface area contributed by atoms with E-state index in [1.54, 1.807) is 14.0 Å². The maximum atomic E-state index is 12.0. The Bertz CT molecular complexity index is 714. The number of hydrogen-bond donors (Lipinski definition) is 1. The molecule has 1 aromatic rings. The number of amides is 1. The number of carbonyl (C=O) groups is 2. The first-order valence-electron chi connectivity index (χ1n) is 9.30. The lowest BCUT2D eigenvalue weighted by Crippen LogP contribution is -2.36. The van der Waals surface area contributed by atoms with E-state index in [0.29, 0.717) is 11.5 Å². The highest BCUT2D eigenvalue weighted by Gasteiger charge is 2.51. The van der Waals surface area contributed by atoms with Crippen LogP contribution in [0.2, 0.25) is 0 Å². The van der Waals surface area contributed by atoms with Crippen molar-refractivity contribution in [3.63, 3.8) is 0 Å². The van der Waals surface area contributed by atoms with E-state index in [1.165, 1.54) is 12.0 Å². The SMILES string of the molecule is COC(=O)N1CC(c2ccc(OC)c(OC3CCCC3)c2)C(C)(C(=O)O)C1. The van der Waals surface area contributed by atoms with Crippen molar-refractivity contribution in [1.29, 1.82) is 0 Å². The Morgan fingerprint density at radius 1 is 1.19 bits per heavy atom. The molecule has 0 spiro atoms. The zero-order valence-electron chi connectivity index (χ0n) is 16.1. The molecule has 2 atom stereocenters. The Morgan fingerprint density at radius 2 is 1.89 bits per heavy atom. The van der Waals surface area contributed by atoms with Gasteiger partial charge in [0.25, 0.3) is 0 Å². The van der Waals surface area contributed by atoms with Gasteiger partial charge in [-0.3, -0.25) is 4.79 Å². The van der Waals surface area contributed by atoms with Crippen molar-refractivity contribution >= 4 is 12.1 Å². The molecule has 1 heterocycles. The first kappa shape index (κ1) is 19.3. The molecule has 1 saturated heterocycles. The van der Waals surface area contributed by atoms with Gasteiger partial charge in [-0.25, -0.2) is 4.79 Å². The Kier molecular flexibility index (Phi) is 5.48. The third kappa shape index (κ3) is 3.68. The topological polar surface area (TPSA) is 85.3 Å². The number of hydrogen-bond acceptors (Lipinski definition) is 5. The number of benzene rings is 1. The molecule has 1 aliphatic carbocycles. The van der Waals surface area contributed by atoms with Crippen LogP contribution in [-0.4, -0.2) is 55.5 Å². The Hall–Kier alpha value is -2.44. The van der Waals surface area contributed by atoms with Crippen molar-refractivity contribution < 1.29 is 28.9 Å². The molecule has 1 amide bonds. The molecule has 0 aromatic heterocycles. The minimum Gasteiger partial charge on any atom is -0.493 e. The molecule has 148 valence electrons. The largest absolute Gasteiger partial charge is 0.493 e. The second kappa shape index (κ2) is 7.66. The predicted octanol–water partition coefficient (Wildman–Crippen LogP) is 3.27.